The summed E-state index contributed by atoms with van der Waals surface area (Å²) in [6, 6.07) is 7.53. The number of rotatable bonds is 5. The van der Waals surface area contributed by atoms with Gasteiger partial charge in [0, 0.05) is 49.4 Å². The molecule has 0 radical (unpaired) electrons. The van der Waals surface area contributed by atoms with Crippen LogP contribution < -0.4 is 4.90 Å². The minimum atomic E-state index is -0.764. The molecule has 2 aliphatic carbocycles. The Morgan fingerprint density at radius 2 is 1.62 bits per heavy atom. The number of halogens is 1. The van der Waals surface area contributed by atoms with Gasteiger partial charge in [-0.05, 0) is 57.2 Å². The van der Waals surface area contributed by atoms with Crippen LogP contribution in [0.4, 0.5) is 5.69 Å². The molecule has 9 nitrogen and oxygen atoms in total. The van der Waals surface area contributed by atoms with Gasteiger partial charge >= 0.3 is 5.97 Å². The number of ether oxygens (including phenoxy) is 5. The number of benzene rings is 1. The van der Waals surface area contributed by atoms with Crippen LogP contribution in [-0.4, -0.2) is 69.3 Å². The second-order valence-corrected chi connectivity index (χ2v) is 12.1. The van der Waals surface area contributed by atoms with Gasteiger partial charge in [-0.15, -0.1) is 0 Å². The highest BCUT2D eigenvalue weighted by Crippen LogP contribution is 2.52. The Kier molecular flexibility index (Phi) is 8.88. The fourth-order valence-corrected chi connectivity index (χ4v) is 7.43. The lowest BCUT2D eigenvalue weighted by atomic mass is 9.69. The van der Waals surface area contributed by atoms with E-state index in [4.69, 9.17) is 35.3 Å². The van der Waals surface area contributed by atoms with Gasteiger partial charge in [-0.3, -0.25) is 9.59 Å². The molecule has 0 aromatic heterocycles. The number of carbonyl (C=O) groups is 3. The lowest BCUT2D eigenvalue weighted by molar-refractivity contribution is -0.211. The predicted molar refractivity (Wildman–Crippen MR) is 147 cm³/mol. The van der Waals surface area contributed by atoms with E-state index in [1.165, 1.54) is 0 Å². The van der Waals surface area contributed by atoms with Crippen LogP contribution in [0.15, 0.2) is 24.3 Å². The number of amides is 1. The molecule has 0 bridgehead atoms. The van der Waals surface area contributed by atoms with Crippen LogP contribution in [0.3, 0.4) is 0 Å². The molecule has 0 N–H and O–H groups in total. The second kappa shape index (κ2) is 12.1. The molecule has 1 aromatic rings. The summed E-state index contributed by atoms with van der Waals surface area (Å²) in [4.78, 5) is 38.0. The van der Waals surface area contributed by atoms with E-state index in [1.54, 1.807) is 6.92 Å². The molecule has 2 unspecified atom stereocenters. The van der Waals surface area contributed by atoms with Crippen molar-refractivity contribution in [2.45, 2.75) is 82.7 Å². The zero-order valence-electron chi connectivity index (χ0n) is 23.3. The highest BCUT2D eigenvalue weighted by atomic mass is 35.5. The van der Waals surface area contributed by atoms with E-state index < -0.39 is 17.0 Å². The zero-order valence-corrected chi connectivity index (χ0v) is 24.0. The molecule has 10 heteroatoms. The summed E-state index contributed by atoms with van der Waals surface area (Å²) in [5.41, 5.74) is -0.201. The number of carbonyl (C=O) groups excluding carboxylic acids is 3. The van der Waals surface area contributed by atoms with E-state index in [2.05, 4.69) is 0 Å². The summed E-state index contributed by atoms with van der Waals surface area (Å²) in [5.74, 6) is -1.28. The third-order valence-corrected chi connectivity index (χ3v) is 9.32. The molecule has 5 aliphatic rings. The monoisotopic (exact) mass is 577 g/mol. The van der Waals surface area contributed by atoms with Crippen molar-refractivity contribution in [3.8, 4) is 0 Å². The summed E-state index contributed by atoms with van der Waals surface area (Å²) in [5, 5.41) is 0.661. The van der Waals surface area contributed by atoms with Crippen LogP contribution in [0.1, 0.15) is 71.1 Å². The van der Waals surface area contributed by atoms with E-state index in [9.17, 15) is 14.4 Å². The molecule has 5 fully saturated rings. The first kappa shape index (κ1) is 29.5. The molecule has 3 spiro atoms. The van der Waals surface area contributed by atoms with Gasteiger partial charge in [0.05, 0.1) is 43.9 Å². The predicted octanol–water partition coefficient (Wildman–Crippen LogP) is 4.82. The average molecular weight is 578 g/mol. The lowest BCUT2D eigenvalue weighted by Gasteiger charge is -2.42. The highest BCUT2D eigenvalue weighted by molar-refractivity contribution is 6.31. The van der Waals surface area contributed by atoms with Gasteiger partial charge in [0.2, 0.25) is 5.91 Å². The van der Waals surface area contributed by atoms with Gasteiger partial charge in [0.15, 0.2) is 11.6 Å². The minimum absolute atomic E-state index is 0.181. The maximum Gasteiger partial charge on any atom is 0.312 e. The van der Waals surface area contributed by atoms with Crippen molar-refractivity contribution < 1.29 is 38.1 Å². The molecule has 40 heavy (non-hydrogen) atoms. The Bertz CT molecular complexity index is 1090. The maximum atomic E-state index is 13.1. The minimum Gasteiger partial charge on any atom is -0.466 e. The maximum absolute atomic E-state index is 13.1. The van der Waals surface area contributed by atoms with Crippen LogP contribution in [0.5, 0.6) is 0 Å². The Morgan fingerprint density at radius 1 is 0.975 bits per heavy atom. The van der Waals surface area contributed by atoms with E-state index in [0.29, 0.717) is 57.3 Å². The van der Waals surface area contributed by atoms with Crippen molar-refractivity contribution in [3.05, 3.63) is 29.3 Å². The van der Waals surface area contributed by atoms with Gasteiger partial charge in [-0.1, -0.05) is 17.7 Å². The fraction of sp³-hybridized carbons (Fsp3) is 0.700. The summed E-state index contributed by atoms with van der Waals surface area (Å²) in [6.07, 6.45) is 8.04. The number of aldehydes is 1. The normalized spacial score (nSPS) is 30.4. The summed E-state index contributed by atoms with van der Waals surface area (Å²) in [7, 11) is 0. The van der Waals surface area contributed by atoms with E-state index in [1.807, 2.05) is 29.2 Å². The molecule has 3 saturated heterocycles. The summed E-state index contributed by atoms with van der Waals surface area (Å²) >= 11 is 6.07. The van der Waals surface area contributed by atoms with Crippen molar-refractivity contribution in [1.29, 1.82) is 0 Å². The molecule has 3 aliphatic heterocycles. The molecular formula is C30H40ClNO8. The Morgan fingerprint density at radius 3 is 2.25 bits per heavy atom. The van der Waals surface area contributed by atoms with Gasteiger partial charge in [-0.2, -0.15) is 0 Å². The van der Waals surface area contributed by atoms with Gasteiger partial charge in [0.25, 0.3) is 0 Å². The number of esters is 1. The Hall–Kier alpha value is -2.04. The standard InChI is InChI=1S/C17H20ClNO3.C13H20O5/c18-13-3-1-4-14(11-13)19-8-7-16(15(19)20)5-2-6-17(12-16)21-9-10-22-17;1-2-16-11(15)12(6-7-14)4-3-5-13(10-12)17-8-9-18-13/h1,3-4,11H,2,5-10,12H2;7H,2-6,8-10H2,1H3. The van der Waals surface area contributed by atoms with Crippen LogP contribution in [0, 0.1) is 10.8 Å². The molecule has 2 saturated carbocycles. The quantitative estimate of drug-likeness (QED) is 0.363. The number of hydrogen-bond acceptors (Lipinski definition) is 8. The van der Waals surface area contributed by atoms with Crippen molar-refractivity contribution in [1.82, 2.24) is 0 Å². The fourth-order valence-electron chi connectivity index (χ4n) is 7.25. The van der Waals surface area contributed by atoms with Crippen LogP contribution in [0.25, 0.3) is 0 Å². The summed E-state index contributed by atoms with van der Waals surface area (Å²) < 4.78 is 28.2. The molecule has 220 valence electrons. The first-order chi connectivity index (χ1) is 19.3. The lowest BCUT2D eigenvalue weighted by Crippen LogP contribution is -2.47. The van der Waals surface area contributed by atoms with Gasteiger partial charge in [-0.25, -0.2) is 0 Å². The van der Waals surface area contributed by atoms with Gasteiger partial charge < -0.3 is 33.4 Å². The van der Waals surface area contributed by atoms with Crippen molar-refractivity contribution in [2.75, 3.05) is 44.5 Å². The first-order valence-corrected chi connectivity index (χ1v) is 14.9. The Balaban J connectivity index is 0.000000165. The van der Waals surface area contributed by atoms with Crippen LogP contribution in [-0.2, 0) is 38.1 Å². The molecule has 6 rings (SSSR count). The topological polar surface area (TPSA) is 101 Å². The SMILES string of the molecule is CCOC(=O)C1(CC=O)CCCC2(C1)OCCO2.O=C1N(c2cccc(Cl)c2)CCC12CCCC1(C2)OCCO1. The second-order valence-electron chi connectivity index (χ2n) is 11.6. The third-order valence-electron chi connectivity index (χ3n) is 9.08. The third kappa shape index (κ3) is 5.81. The largest absolute Gasteiger partial charge is 0.466 e. The summed E-state index contributed by atoms with van der Waals surface area (Å²) in [6.45, 7) is 5.24. The highest BCUT2D eigenvalue weighted by Gasteiger charge is 2.56. The number of hydrogen-bond donors (Lipinski definition) is 0. The van der Waals surface area contributed by atoms with Gasteiger partial charge in [0.1, 0.15) is 6.29 Å². The van der Waals surface area contributed by atoms with Crippen molar-refractivity contribution >= 4 is 35.5 Å². The number of anilines is 1. The van der Waals surface area contributed by atoms with Crippen molar-refractivity contribution in [3.63, 3.8) is 0 Å². The molecule has 1 aromatic carbocycles. The number of nitrogens with zero attached hydrogens (tertiary/aromatic N) is 1. The molecule has 2 atom stereocenters. The van der Waals surface area contributed by atoms with Crippen molar-refractivity contribution in [2.24, 2.45) is 10.8 Å². The van der Waals surface area contributed by atoms with E-state index >= 15 is 0 Å². The zero-order chi connectivity index (χ0) is 28.3. The van der Waals surface area contributed by atoms with Crippen LogP contribution in [0.2, 0.25) is 5.02 Å². The first-order valence-electron chi connectivity index (χ1n) is 14.5. The molecule has 3 heterocycles. The average Bonchev–Trinajstić information content (AvgIpc) is 3.66. The van der Waals surface area contributed by atoms with E-state index in [0.717, 1.165) is 57.0 Å². The van der Waals surface area contributed by atoms with Crippen LogP contribution >= 0.6 is 11.6 Å². The smallest absolute Gasteiger partial charge is 0.312 e. The van der Waals surface area contributed by atoms with E-state index in [-0.39, 0.29) is 23.7 Å². The molecule has 1 amide bonds. The molecular weight excluding hydrogens is 538 g/mol. The Labute approximate surface area is 240 Å².